The number of hydrogen-bond donors (Lipinski definition) is 1. The van der Waals surface area contributed by atoms with Crippen LogP contribution in [0, 0.1) is 0 Å². The van der Waals surface area contributed by atoms with Crippen molar-refractivity contribution in [3.8, 4) is 5.75 Å². The van der Waals surface area contributed by atoms with Crippen LogP contribution in [0.5, 0.6) is 5.75 Å². The molecule has 0 unspecified atom stereocenters. The van der Waals surface area contributed by atoms with E-state index < -0.39 is 0 Å². The lowest BCUT2D eigenvalue weighted by Crippen LogP contribution is -1.98. The van der Waals surface area contributed by atoms with Crippen molar-refractivity contribution in [2.24, 2.45) is 0 Å². The third-order valence-electron chi connectivity index (χ3n) is 4.39. The molecule has 3 aromatic rings. The molecule has 4 nitrogen and oxygen atoms in total. The zero-order chi connectivity index (χ0) is 16.4. The average Bonchev–Trinajstić information content (AvgIpc) is 3.18. The Morgan fingerprint density at radius 3 is 2.88 bits per heavy atom. The van der Waals surface area contributed by atoms with Gasteiger partial charge in [0.25, 0.3) is 0 Å². The van der Waals surface area contributed by atoms with Gasteiger partial charge in [-0.1, -0.05) is 13.3 Å². The lowest BCUT2D eigenvalue weighted by atomic mass is 10.2. The highest BCUT2D eigenvalue weighted by Crippen LogP contribution is 2.39. The first-order valence-electron chi connectivity index (χ1n) is 8.60. The maximum absolute atomic E-state index is 5.72. The van der Waals surface area contributed by atoms with Gasteiger partial charge < -0.3 is 10.1 Å². The molecule has 2 aromatic heterocycles. The van der Waals surface area contributed by atoms with Gasteiger partial charge in [0.1, 0.15) is 22.7 Å². The molecule has 1 aliphatic carbocycles. The fraction of sp³-hybridized carbons (Fsp3) is 0.368. The summed E-state index contributed by atoms with van der Waals surface area (Å²) in [7, 11) is 0. The van der Waals surface area contributed by atoms with Crippen molar-refractivity contribution in [1.82, 2.24) is 9.97 Å². The SMILES string of the molecule is CCCCOc1ccc(Nc2ncnc3sc4c(c23)CCC4)cc1. The topological polar surface area (TPSA) is 47.0 Å². The van der Waals surface area contributed by atoms with Crippen molar-refractivity contribution < 1.29 is 4.74 Å². The zero-order valence-corrected chi connectivity index (χ0v) is 14.7. The lowest BCUT2D eigenvalue weighted by molar-refractivity contribution is 0.309. The Bertz CT molecular complexity index is 842. The Morgan fingerprint density at radius 1 is 1.17 bits per heavy atom. The van der Waals surface area contributed by atoms with Crippen LogP contribution in [0.15, 0.2) is 30.6 Å². The van der Waals surface area contributed by atoms with Gasteiger partial charge in [-0.05, 0) is 55.5 Å². The third-order valence-corrected chi connectivity index (χ3v) is 5.58. The average molecular weight is 339 g/mol. The maximum Gasteiger partial charge on any atom is 0.142 e. The number of hydrogen-bond acceptors (Lipinski definition) is 5. The highest BCUT2D eigenvalue weighted by Gasteiger charge is 2.21. The summed E-state index contributed by atoms with van der Waals surface area (Å²) in [6.07, 6.45) is 7.45. The van der Waals surface area contributed by atoms with Gasteiger partial charge in [-0.15, -0.1) is 11.3 Å². The van der Waals surface area contributed by atoms with Crippen LogP contribution in [0.2, 0.25) is 0 Å². The van der Waals surface area contributed by atoms with Crippen molar-refractivity contribution in [3.05, 3.63) is 41.0 Å². The zero-order valence-electron chi connectivity index (χ0n) is 13.8. The first-order valence-corrected chi connectivity index (χ1v) is 9.42. The molecule has 24 heavy (non-hydrogen) atoms. The first-order chi connectivity index (χ1) is 11.8. The molecule has 0 saturated heterocycles. The molecule has 1 aliphatic rings. The Kier molecular flexibility index (Phi) is 4.34. The van der Waals surface area contributed by atoms with E-state index in [0.717, 1.165) is 48.0 Å². The van der Waals surface area contributed by atoms with Gasteiger partial charge in [0.15, 0.2) is 0 Å². The highest BCUT2D eigenvalue weighted by molar-refractivity contribution is 7.19. The number of benzene rings is 1. The number of nitrogens with one attached hydrogen (secondary N) is 1. The maximum atomic E-state index is 5.72. The smallest absolute Gasteiger partial charge is 0.142 e. The van der Waals surface area contributed by atoms with E-state index in [1.807, 2.05) is 35.6 Å². The number of aromatic nitrogens is 2. The van der Waals surface area contributed by atoms with E-state index in [9.17, 15) is 0 Å². The number of thiophene rings is 1. The van der Waals surface area contributed by atoms with Crippen molar-refractivity contribution >= 4 is 33.1 Å². The fourth-order valence-corrected chi connectivity index (χ4v) is 4.36. The summed E-state index contributed by atoms with van der Waals surface area (Å²) in [5.41, 5.74) is 2.47. The van der Waals surface area contributed by atoms with E-state index >= 15 is 0 Å². The summed E-state index contributed by atoms with van der Waals surface area (Å²) in [4.78, 5) is 11.5. The molecule has 0 aliphatic heterocycles. The molecule has 1 aromatic carbocycles. The summed E-state index contributed by atoms with van der Waals surface area (Å²) >= 11 is 1.81. The number of unbranched alkanes of at least 4 members (excludes halogenated alkanes) is 1. The molecule has 0 spiro atoms. The predicted octanol–water partition coefficient (Wildman–Crippen LogP) is 5.10. The standard InChI is InChI=1S/C19H21N3OS/c1-2-3-11-23-14-9-7-13(8-10-14)22-18-17-15-5-4-6-16(15)24-19(17)21-12-20-18/h7-10,12H,2-6,11H2,1H3,(H,20,21,22). The Labute approximate surface area is 145 Å². The number of nitrogens with zero attached hydrogens (tertiary/aromatic N) is 2. The minimum atomic E-state index is 0.775. The van der Waals surface area contributed by atoms with Gasteiger partial charge in [-0.2, -0.15) is 0 Å². The van der Waals surface area contributed by atoms with E-state index in [-0.39, 0.29) is 0 Å². The molecule has 0 fully saturated rings. The molecule has 0 radical (unpaired) electrons. The number of anilines is 2. The van der Waals surface area contributed by atoms with Crippen molar-refractivity contribution in [3.63, 3.8) is 0 Å². The van der Waals surface area contributed by atoms with E-state index in [1.54, 1.807) is 6.33 Å². The van der Waals surface area contributed by atoms with Crippen LogP contribution in [0.1, 0.15) is 36.6 Å². The van der Waals surface area contributed by atoms with Crippen LogP contribution >= 0.6 is 11.3 Å². The van der Waals surface area contributed by atoms with Gasteiger partial charge in [-0.25, -0.2) is 9.97 Å². The highest BCUT2D eigenvalue weighted by atomic mass is 32.1. The van der Waals surface area contributed by atoms with Gasteiger partial charge in [0.2, 0.25) is 0 Å². The van der Waals surface area contributed by atoms with Crippen LogP contribution < -0.4 is 10.1 Å². The predicted molar refractivity (Wildman–Crippen MR) is 99.6 cm³/mol. The van der Waals surface area contributed by atoms with E-state index in [1.165, 1.54) is 28.7 Å². The number of fused-ring (bicyclic) bond motifs is 3. The van der Waals surface area contributed by atoms with Gasteiger partial charge in [0, 0.05) is 10.6 Å². The van der Waals surface area contributed by atoms with Crippen molar-refractivity contribution in [2.75, 3.05) is 11.9 Å². The summed E-state index contributed by atoms with van der Waals surface area (Å²) in [5.74, 6) is 1.83. The van der Waals surface area contributed by atoms with Crippen LogP contribution in [0.3, 0.4) is 0 Å². The lowest BCUT2D eigenvalue weighted by Gasteiger charge is -2.09. The normalized spacial score (nSPS) is 13.2. The second-order valence-electron chi connectivity index (χ2n) is 6.11. The molecule has 2 heterocycles. The molecule has 0 amide bonds. The summed E-state index contributed by atoms with van der Waals surface area (Å²) in [5, 5.41) is 4.66. The molecule has 0 atom stereocenters. The van der Waals surface area contributed by atoms with Gasteiger partial charge >= 0.3 is 0 Å². The largest absolute Gasteiger partial charge is 0.494 e. The van der Waals surface area contributed by atoms with Gasteiger partial charge in [0.05, 0.1) is 12.0 Å². The van der Waals surface area contributed by atoms with Crippen molar-refractivity contribution in [2.45, 2.75) is 39.0 Å². The molecule has 124 valence electrons. The number of rotatable bonds is 6. The van der Waals surface area contributed by atoms with Crippen LogP contribution in [0.4, 0.5) is 11.5 Å². The van der Waals surface area contributed by atoms with Crippen molar-refractivity contribution in [1.29, 1.82) is 0 Å². The summed E-state index contributed by atoms with van der Waals surface area (Å²) < 4.78 is 5.72. The molecule has 5 heteroatoms. The minimum Gasteiger partial charge on any atom is -0.494 e. The molecule has 4 rings (SSSR count). The second kappa shape index (κ2) is 6.77. The first kappa shape index (κ1) is 15.4. The number of ether oxygens (including phenoxy) is 1. The van der Waals surface area contributed by atoms with E-state index in [0.29, 0.717) is 0 Å². The molecular formula is C19H21N3OS. The quantitative estimate of drug-likeness (QED) is 0.635. The molecule has 0 saturated carbocycles. The Balaban J connectivity index is 1.56. The molecule has 0 bridgehead atoms. The van der Waals surface area contributed by atoms with E-state index in [2.05, 4.69) is 22.2 Å². The fourth-order valence-electron chi connectivity index (χ4n) is 3.13. The van der Waals surface area contributed by atoms with Crippen LogP contribution in [-0.4, -0.2) is 16.6 Å². The van der Waals surface area contributed by atoms with Crippen LogP contribution in [-0.2, 0) is 12.8 Å². The second-order valence-corrected chi connectivity index (χ2v) is 7.19. The minimum absolute atomic E-state index is 0.775. The Morgan fingerprint density at radius 2 is 2.04 bits per heavy atom. The molecular weight excluding hydrogens is 318 g/mol. The van der Waals surface area contributed by atoms with Crippen LogP contribution in [0.25, 0.3) is 10.2 Å². The van der Waals surface area contributed by atoms with E-state index in [4.69, 9.17) is 4.74 Å². The Hall–Kier alpha value is -2.14. The summed E-state index contributed by atoms with van der Waals surface area (Å²) in [6, 6.07) is 8.10. The van der Waals surface area contributed by atoms with Gasteiger partial charge in [-0.3, -0.25) is 0 Å². The number of aryl methyl sites for hydroxylation is 2. The molecule has 1 N–H and O–H groups in total. The summed E-state index contributed by atoms with van der Waals surface area (Å²) in [6.45, 7) is 2.94. The monoisotopic (exact) mass is 339 g/mol. The third kappa shape index (κ3) is 2.96.